The summed E-state index contributed by atoms with van der Waals surface area (Å²) >= 11 is 1.46. The number of rotatable bonds is 5. The zero-order valence-corrected chi connectivity index (χ0v) is 18.6. The molecule has 1 N–H and O–H groups in total. The third-order valence-corrected chi connectivity index (χ3v) is 5.77. The van der Waals surface area contributed by atoms with E-state index in [2.05, 4.69) is 15.3 Å². The smallest absolute Gasteiger partial charge is 0.216 e. The van der Waals surface area contributed by atoms with Crippen molar-refractivity contribution in [3.8, 4) is 6.07 Å². The average Bonchev–Trinajstić information content (AvgIpc) is 2.66. The van der Waals surface area contributed by atoms with Crippen LogP contribution in [-0.4, -0.2) is 53.1 Å². The number of aromatic nitrogens is 1. The van der Waals surface area contributed by atoms with Gasteiger partial charge < -0.3 is 10.2 Å². The Balaban J connectivity index is 2.38. The number of thioether (sulfide) groups is 1. The van der Waals surface area contributed by atoms with Gasteiger partial charge in [-0.2, -0.15) is 5.26 Å². The summed E-state index contributed by atoms with van der Waals surface area (Å²) in [5.74, 6) is 0.364. The van der Waals surface area contributed by atoms with Gasteiger partial charge >= 0.3 is 0 Å². The van der Waals surface area contributed by atoms with Crippen molar-refractivity contribution in [2.75, 3.05) is 25.9 Å². The molecule has 7 nitrogen and oxygen atoms in total. The number of carbonyl (C=O) groups excluding carboxylic acids is 2. The van der Waals surface area contributed by atoms with Gasteiger partial charge in [0.2, 0.25) is 5.91 Å². The number of amides is 1. The number of amidine groups is 1. The summed E-state index contributed by atoms with van der Waals surface area (Å²) < 4.78 is 14.7. The number of aldehydes is 1. The molecule has 0 saturated carbocycles. The van der Waals surface area contributed by atoms with E-state index in [1.165, 1.54) is 30.9 Å². The lowest BCUT2D eigenvalue weighted by atomic mass is 9.91. The third kappa shape index (κ3) is 5.89. The van der Waals surface area contributed by atoms with Crippen LogP contribution in [0.5, 0.6) is 0 Å². The maximum atomic E-state index is 14.7. The molecule has 0 aliphatic carbocycles. The number of aliphatic imine (C=N–C) groups is 1. The van der Waals surface area contributed by atoms with Crippen molar-refractivity contribution in [1.29, 1.82) is 5.26 Å². The molecule has 0 spiro atoms. The van der Waals surface area contributed by atoms with Gasteiger partial charge in [-0.3, -0.25) is 14.6 Å². The second kappa shape index (κ2) is 9.85. The van der Waals surface area contributed by atoms with Crippen molar-refractivity contribution < 1.29 is 14.0 Å². The molecule has 1 saturated heterocycles. The molecule has 1 aliphatic heterocycles. The first-order chi connectivity index (χ1) is 14.1. The van der Waals surface area contributed by atoms with Gasteiger partial charge in [0.1, 0.15) is 17.5 Å². The Labute approximate surface area is 180 Å². The highest BCUT2D eigenvalue weighted by molar-refractivity contribution is 8.13. The first kappa shape index (κ1) is 23.5. The highest BCUT2D eigenvalue weighted by Gasteiger charge is 2.25. The number of nitrogens with one attached hydrogen (secondary N) is 1. The minimum Gasteiger partial charge on any atom is -0.356 e. The Bertz CT molecular complexity index is 930. The van der Waals surface area contributed by atoms with Crippen LogP contribution in [0.2, 0.25) is 0 Å². The molecule has 1 aromatic heterocycles. The van der Waals surface area contributed by atoms with E-state index in [9.17, 15) is 19.2 Å². The van der Waals surface area contributed by atoms with Crippen LogP contribution in [0.25, 0.3) is 5.70 Å². The number of halogens is 1. The van der Waals surface area contributed by atoms with Crippen LogP contribution in [0.15, 0.2) is 22.8 Å². The number of hydrogen-bond donors (Lipinski definition) is 1. The number of allylic oxidation sites excluding steroid dienone is 1. The molecule has 1 aromatic rings. The maximum Gasteiger partial charge on any atom is 0.216 e. The van der Waals surface area contributed by atoms with Gasteiger partial charge in [-0.05, 0) is 6.07 Å². The van der Waals surface area contributed by atoms with Gasteiger partial charge in [0.25, 0.3) is 0 Å². The Morgan fingerprint density at radius 1 is 1.53 bits per heavy atom. The second-order valence-corrected chi connectivity index (χ2v) is 9.17. The summed E-state index contributed by atoms with van der Waals surface area (Å²) in [6.45, 7) is 8.25. The Morgan fingerprint density at radius 2 is 2.23 bits per heavy atom. The van der Waals surface area contributed by atoms with Crippen LogP contribution in [0.4, 0.5) is 4.39 Å². The fraction of sp³-hybridized carbons (Fsp3) is 0.476. The van der Waals surface area contributed by atoms with Gasteiger partial charge in [-0.15, -0.1) is 0 Å². The van der Waals surface area contributed by atoms with E-state index in [-0.39, 0.29) is 28.7 Å². The summed E-state index contributed by atoms with van der Waals surface area (Å²) in [6.07, 6.45) is 1.86. The Morgan fingerprint density at radius 3 is 2.73 bits per heavy atom. The molecule has 160 valence electrons. The van der Waals surface area contributed by atoms with Crippen LogP contribution >= 0.6 is 11.8 Å². The second-order valence-electron chi connectivity index (χ2n) is 8.19. The van der Waals surface area contributed by atoms with Crippen LogP contribution in [0, 0.1) is 23.1 Å². The van der Waals surface area contributed by atoms with Crippen LogP contribution < -0.4 is 5.32 Å². The van der Waals surface area contributed by atoms with Crippen LogP contribution in [0.3, 0.4) is 0 Å². The fourth-order valence-corrected chi connectivity index (χ4v) is 4.04. The summed E-state index contributed by atoms with van der Waals surface area (Å²) in [6, 6.07) is 3.10. The topological polar surface area (TPSA) is 98.4 Å². The minimum atomic E-state index is -0.513. The summed E-state index contributed by atoms with van der Waals surface area (Å²) in [7, 11) is 1.85. The molecule has 30 heavy (non-hydrogen) atoms. The van der Waals surface area contributed by atoms with Crippen LogP contribution in [0.1, 0.15) is 39.0 Å². The van der Waals surface area contributed by atoms with E-state index in [4.69, 9.17) is 0 Å². The zero-order valence-electron chi connectivity index (χ0n) is 17.8. The number of carbonyl (C=O) groups is 2. The molecule has 0 bridgehead atoms. The van der Waals surface area contributed by atoms with Gasteiger partial charge in [-0.25, -0.2) is 9.38 Å². The van der Waals surface area contributed by atoms with Crippen molar-refractivity contribution in [2.45, 2.75) is 33.1 Å². The lowest BCUT2D eigenvalue weighted by Crippen LogP contribution is -2.41. The molecule has 2 rings (SSSR count). The van der Waals surface area contributed by atoms with Gasteiger partial charge in [0, 0.05) is 55.9 Å². The summed E-state index contributed by atoms with van der Waals surface area (Å²) in [5.41, 5.74) is -0.0156. The first-order valence-electron chi connectivity index (χ1n) is 9.49. The van der Waals surface area contributed by atoms with Gasteiger partial charge in [-0.1, -0.05) is 32.5 Å². The molecule has 2 heterocycles. The molecule has 0 radical (unpaired) electrons. The molecule has 1 aliphatic rings. The SMILES string of the molecule is CC(=O)NCC1CSC(=N/C(=C(/C#N)C=O)c2cnc(C(C)(C)C)c(F)c2)N(C)C1. The predicted octanol–water partition coefficient (Wildman–Crippen LogP) is 2.74. The first-order valence-corrected chi connectivity index (χ1v) is 10.5. The standard InChI is InChI=1S/C21H26FN5O2S/c1-13(29)24-8-14-10-27(5)20(30-12-14)26-18(16(7-23)11-28)15-6-17(22)19(25-9-15)21(2,3)4/h6,9,11,14H,8,10,12H2,1-5H3,(H,24,29)/b18-16-,26-20?. The molecule has 1 atom stereocenters. The number of pyridine rings is 1. The molecule has 9 heteroatoms. The highest BCUT2D eigenvalue weighted by atomic mass is 32.2. The molecular formula is C21H26FN5O2S. The largest absolute Gasteiger partial charge is 0.356 e. The van der Waals surface area contributed by atoms with E-state index < -0.39 is 11.2 Å². The van der Waals surface area contributed by atoms with E-state index in [0.29, 0.717) is 30.2 Å². The summed E-state index contributed by atoms with van der Waals surface area (Å²) in [5, 5.41) is 12.8. The number of nitriles is 1. The average molecular weight is 432 g/mol. The Hall–Kier alpha value is -2.73. The van der Waals surface area contributed by atoms with E-state index >= 15 is 0 Å². The number of hydrogen-bond acceptors (Lipinski definition) is 6. The zero-order chi connectivity index (χ0) is 22.5. The van der Waals surface area contributed by atoms with Crippen LogP contribution in [-0.2, 0) is 15.0 Å². The van der Waals surface area contributed by atoms with Crippen molar-refractivity contribution in [3.05, 3.63) is 34.9 Å². The number of nitrogens with zero attached hydrogens (tertiary/aromatic N) is 4. The molecule has 0 aromatic carbocycles. The minimum absolute atomic E-state index is 0.0785. The van der Waals surface area contributed by atoms with Gasteiger partial charge in [0.15, 0.2) is 11.5 Å². The van der Waals surface area contributed by atoms with E-state index in [1.54, 1.807) is 0 Å². The van der Waals surface area contributed by atoms with Gasteiger partial charge in [0.05, 0.1) is 11.4 Å². The molecule has 1 fully saturated rings. The van der Waals surface area contributed by atoms with E-state index in [1.807, 2.05) is 38.8 Å². The highest BCUT2D eigenvalue weighted by Crippen LogP contribution is 2.29. The quantitative estimate of drug-likeness (QED) is 0.437. The normalized spacial score (nSPS) is 19.2. The van der Waals surface area contributed by atoms with E-state index in [0.717, 1.165) is 5.75 Å². The lowest BCUT2D eigenvalue weighted by molar-refractivity contribution is -0.119. The predicted molar refractivity (Wildman–Crippen MR) is 116 cm³/mol. The monoisotopic (exact) mass is 431 g/mol. The van der Waals surface area contributed by atoms with Crippen molar-refractivity contribution in [1.82, 2.24) is 15.2 Å². The molecule has 1 unspecified atom stereocenters. The van der Waals surface area contributed by atoms with Crippen molar-refractivity contribution in [3.63, 3.8) is 0 Å². The maximum absolute atomic E-state index is 14.7. The fourth-order valence-electron chi connectivity index (χ4n) is 2.98. The van der Waals surface area contributed by atoms with Crippen molar-refractivity contribution >= 4 is 34.8 Å². The summed E-state index contributed by atoms with van der Waals surface area (Å²) in [4.78, 5) is 33.2. The molecule has 1 amide bonds. The van der Waals surface area contributed by atoms with Crippen molar-refractivity contribution in [2.24, 2.45) is 10.9 Å². The Kier molecular flexibility index (Phi) is 7.73. The molecular weight excluding hydrogens is 405 g/mol. The lowest BCUT2D eigenvalue weighted by Gasteiger charge is -2.32. The third-order valence-electron chi connectivity index (χ3n) is 4.47.